The molecule has 0 aliphatic rings. The molecule has 0 unspecified atom stereocenters. The van der Waals surface area contributed by atoms with Crippen molar-refractivity contribution in [2.24, 2.45) is 10.8 Å². The summed E-state index contributed by atoms with van der Waals surface area (Å²) in [6, 6.07) is 8.87. The van der Waals surface area contributed by atoms with Crippen molar-refractivity contribution >= 4 is 62.7 Å². The Morgan fingerprint density at radius 1 is 1.27 bits per heavy atom. The third kappa shape index (κ3) is 6.02. The maximum atomic E-state index is 6.19. The van der Waals surface area contributed by atoms with Crippen molar-refractivity contribution in [2.75, 3.05) is 6.61 Å². The molecule has 0 saturated heterocycles. The van der Waals surface area contributed by atoms with Crippen LogP contribution >= 0.6 is 51.3 Å². The zero-order valence-electron chi connectivity index (χ0n) is 13.8. The van der Waals surface area contributed by atoms with Crippen LogP contribution in [0.3, 0.4) is 0 Å². The van der Waals surface area contributed by atoms with Gasteiger partial charge in [-0.05, 0) is 59.3 Å². The second kappa shape index (κ2) is 9.97. The van der Waals surface area contributed by atoms with Gasteiger partial charge in [-0.15, -0.1) is 0 Å². The molecular formula is C17H16BrCl2N3O2S. The number of ether oxygens (including phenoxy) is 2. The minimum Gasteiger partial charge on any atom is -0.490 e. The lowest BCUT2D eigenvalue weighted by atomic mass is 10.2. The summed E-state index contributed by atoms with van der Waals surface area (Å²) < 4.78 is 12.3. The minimum atomic E-state index is 0.0854. The first-order valence-corrected chi connectivity index (χ1v) is 9.48. The normalized spacial score (nSPS) is 10.8. The molecule has 0 saturated carbocycles. The average molecular weight is 477 g/mol. The predicted molar refractivity (Wildman–Crippen MR) is 114 cm³/mol. The Morgan fingerprint density at radius 2 is 2.00 bits per heavy atom. The Labute approximate surface area is 175 Å². The van der Waals surface area contributed by atoms with Gasteiger partial charge in [0.25, 0.3) is 0 Å². The van der Waals surface area contributed by atoms with Crippen LogP contribution in [0.1, 0.15) is 18.1 Å². The van der Waals surface area contributed by atoms with Crippen LogP contribution in [0.5, 0.6) is 11.5 Å². The second-order valence-electron chi connectivity index (χ2n) is 5.01. The predicted octanol–water partition coefficient (Wildman–Crippen LogP) is 4.90. The minimum absolute atomic E-state index is 0.0854. The summed E-state index contributed by atoms with van der Waals surface area (Å²) in [7, 11) is 0. The van der Waals surface area contributed by atoms with E-state index in [0.29, 0.717) is 28.2 Å². The fourth-order valence-corrected chi connectivity index (χ4v) is 2.93. The smallest absolute Gasteiger partial charge is 0.184 e. The van der Waals surface area contributed by atoms with Crippen LogP contribution in [0, 0.1) is 0 Å². The van der Waals surface area contributed by atoms with Crippen molar-refractivity contribution in [2.45, 2.75) is 13.5 Å². The van der Waals surface area contributed by atoms with Gasteiger partial charge < -0.3 is 15.2 Å². The quantitative estimate of drug-likeness (QED) is 0.338. The van der Waals surface area contributed by atoms with Gasteiger partial charge in [0.15, 0.2) is 16.6 Å². The molecule has 0 radical (unpaired) electrons. The molecule has 0 spiro atoms. The molecule has 2 aromatic rings. The molecule has 0 fully saturated rings. The summed E-state index contributed by atoms with van der Waals surface area (Å²) in [4.78, 5) is 0. The van der Waals surface area contributed by atoms with Gasteiger partial charge in [-0.3, -0.25) is 5.43 Å². The van der Waals surface area contributed by atoms with Crippen molar-refractivity contribution in [3.63, 3.8) is 0 Å². The van der Waals surface area contributed by atoms with E-state index >= 15 is 0 Å². The molecule has 138 valence electrons. The first-order chi connectivity index (χ1) is 12.4. The zero-order chi connectivity index (χ0) is 19.1. The lowest BCUT2D eigenvalue weighted by Gasteiger charge is -2.14. The number of hydrazone groups is 1. The van der Waals surface area contributed by atoms with E-state index in [1.165, 1.54) is 0 Å². The number of hydrogen-bond donors (Lipinski definition) is 2. The number of halogens is 3. The SMILES string of the molecule is CCOc1cc(/C=N\NC(N)=S)c(Br)cc1OCc1ccc(Cl)cc1Cl. The molecule has 0 aliphatic carbocycles. The van der Waals surface area contributed by atoms with Crippen LogP contribution in [-0.2, 0) is 6.61 Å². The summed E-state index contributed by atoms with van der Waals surface area (Å²) in [6.07, 6.45) is 1.58. The number of nitrogens with two attached hydrogens (primary N) is 1. The number of hydrogen-bond acceptors (Lipinski definition) is 4. The number of nitrogens with one attached hydrogen (secondary N) is 1. The molecule has 0 heterocycles. The Kier molecular flexibility index (Phi) is 7.96. The van der Waals surface area contributed by atoms with Crippen molar-refractivity contribution in [1.82, 2.24) is 5.43 Å². The zero-order valence-corrected chi connectivity index (χ0v) is 17.7. The van der Waals surface area contributed by atoms with Crippen molar-refractivity contribution < 1.29 is 9.47 Å². The average Bonchev–Trinajstić information content (AvgIpc) is 2.57. The molecule has 0 atom stereocenters. The van der Waals surface area contributed by atoms with E-state index in [4.69, 9.17) is 50.6 Å². The highest BCUT2D eigenvalue weighted by molar-refractivity contribution is 9.10. The third-order valence-corrected chi connectivity index (χ3v) is 4.50. The van der Waals surface area contributed by atoms with Crippen LogP contribution in [-0.4, -0.2) is 17.9 Å². The van der Waals surface area contributed by atoms with Gasteiger partial charge in [-0.2, -0.15) is 5.10 Å². The van der Waals surface area contributed by atoms with E-state index in [2.05, 4.69) is 26.5 Å². The molecule has 0 bridgehead atoms. The Morgan fingerprint density at radius 3 is 2.65 bits per heavy atom. The van der Waals surface area contributed by atoms with Crippen LogP contribution in [0.4, 0.5) is 0 Å². The van der Waals surface area contributed by atoms with E-state index in [0.717, 1.165) is 15.6 Å². The maximum absolute atomic E-state index is 6.19. The van der Waals surface area contributed by atoms with E-state index in [1.807, 2.05) is 13.0 Å². The van der Waals surface area contributed by atoms with Crippen molar-refractivity contribution in [3.05, 3.63) is 56.0 Å². The van der Waals surface area contributed by atoms with Gasteiger partial charge in [0.2, 0.25) is 0 Å². The Bertz CT molecular complexity index is 834. The number of nitrogens with zero attached hydrogens (tertiary/aromatic N) is 1. The number of benzene rings is 2. The van der Waals surface area contributed by atoms with Crippen molar-refractivity contribution in [1.29, 1.82) is 0 Å². The molecule has 9 heteroatoms. The fraction of sp³-hybridized carbons (Fsp3) is 0.176. The highest BCUT2D eigenvalue weighted by Gasteiger charge is 2.11. The molecule has 0 amide bonds. The van der Waals surface area contributed by atoms with Gasteiger partial charge in [-0.25, -0.2) is 0 Å². The van der Waals surface area contributed by atoms with Crippen LogP contribution in [0.25, 0.3) is 0 Å². The lowest BCUT2D eigenvalue weighted by Crippen LogP contribution is -2.24. The molecular weight excluding hydrogens is 461 g/mol. The van der Waals surface area contributed by atoms with Crippen LogP contribution < -0.4 is 20.6 Å². The van der Waals surface area contributed by atoms with Gasteiger partial charge >= 0.3 is 0 Å². The largest absolute Gasteiger partial charge is 0.490 e. The second-order valence-corrected chi connectivity index (χ2v) is 7.15. The summed E-state index contributed by atoms with van der Waals surface area (Å²) in [5.74, 6) is 1.15. The monoisotopic (exact) mass is 475 g/mol. The first-order valence-electron chi connectivity index (χ1n) is 7.52. The van der Waals surface area contributed by atoms with Gasteiger partial charge in [0.05, 0.1) is 12.8 Å². The highest BCUT2D eigenvalue weighted by Crippen LogP contribution is 2.34. The molecule has 0 aromatic heterocycles. The van der Waals surface area contributed by atoms with Gasteiger partial charge in [-0.1, -0.05) is 29.3 Å². The molecule has 2 rings (SSSR count). The summed E-state index contributed by atoms with van der Waals surface area (Å²) >= 11 is 20.3. The van der Waals surface area contributed by atoms with Gasteiger partial charge in [0, 0.05) is 25.6 Å². The lowest BCUT2D eigenvalue weighted by molar-refractivity contribution is 0.269. The van der Waals surface area contributed by atoms with E-state index in [1.54, 1.807) is 30.5 Å². The molecule has 26 heavy (non-hydrogen) atoms. The maximum Gasteiger partial charge on any atom is 0.184 e. The standard InChI is InChI=1S/C17H16BrCl2N3O2S/c1-2-24-15-5-11(8-22-23-17(21)26)13(18)7-16(15)25-9-10-3-4-12(19)6-14(10)20/h3-8H,2,9H2,1H3,(H3,21,23,26)/b22-8-. The van der Waals surface area contributed by atoms with Crippen molar-refractivity contribution in [3.8, 4) is 11.5 Å². The third-order valence-electron chi connectivity index (χ3n) is 3.14. The molecule has 5 nitrogen and oxygen atoms in total. The Hall–Kier alpha value is -1.54. The Balaban J connectivity index is 2.22. The molecule has 0 aliphatic heterocycles. The summed E-state index contributed by atoms with van der Waals surface area (Å²) in [5, 5.41) is 5.15. The first kappa shape index (κ1) is 20.8. The summed E-state index contributed by atoms with van der Waals surface area (Å²) in [5.41, 5.74) is 9.44. The van der Waals surface area contributed by atoms with Gasteiger partial charge in [0.1, 0.15) is 6.61 Å². The summed E-state index contributed by atoms with van der Waals surface area (Å²) in [6.45, 7) is 2.66. The number of rotatable bonds is 7. The van der Waals surface area contributed by atoms with Crippen LogP contribution in [0.2, 0.25) is 10.0 Å². The molecule has 3 N–H and O–H groups in total. The topological polar surface area (TPSA) is 68.9 Å². The van der Waals surface area contributed by atoms with E-state index < -0.39 is 0 Å². The number of thiocarbonyl (C=S) groups is 1. The fourth-order valence-electron chi connectivity index (χ4n) is 1.99. The van der Waals surface area contributed by atoms with Crippen LogP contribution in [0.15, 0.2) is 39.9 Å². The van der Waals surface area contributed by atoms with E-state index in [-0.39, 0.29) is 11.7 Å². The van der Waals surface area contributed by atoms with E-state index in [9.17, 15) is 0 Å². The molecule has 2 aromatic carbocycles. The highest BCUT2D eigenvalue weighted by atomic mass is 79.9.